The largest absolute Gasteiger partial charge is 0.492 e. The van der Waals surface area contributed by atoms with Crippen LogP contribution in [0.5, 0.6) is 5.75 Å². The molecule has 3 rings (SSSR count). The lowest BCUT2D eigenvalue weighted by Crippen LogP contribution is -2.35. The van der Waals surface area contributed by atoms with Crippen molar-refractivity contribution >= 4 is 17.5 Å². The van der Waals surface area contributed by atoms with Crippen molar-refractivity contribution in [3.63, 3.8) is 0 Å². The fraction of sp³-hybridized carbons (Fsp3) is 0.150. The Morgan fingerprint density at radius 2 is 1.79 bits per heavy atom. The zero-order chi connectivity index (χ0) is 19.9. The molecule has 2 aromatic carbocycles. The molecule has 0 unspecified atom stereocenters. The number of hydrogen-bond acceptors (Lipinski definition) is 4. The molecule has 0 saturated heterocycles. The Balaban J connectivity index is 1.54. The first-order chi connectivity index (χ1) is 13.5. The number of nitrogens with zero attached hydrogens (tertiary/aromatic N) is 2. The number of carbonyl (C=O) groups is 1. The lowest BCUT2D eigenvalue weighted by atomic mass is 10.1. The molecule has 0 aliphatic rings. The van der Waals surface area contributed by atoms with Crippen molar-refractivity contribution in [2.24, 2.45) is 0 Å². The van der Waals surface area contributed by atoms with Crippen molar-refractivity contribution in [2.45, 2.75) is 6.54 Å². The number of halogens is 2. The van der Waals surface area contributed by atoms with Gasteiger partial charge in [-0.3, -0.25) is 9.59 Å². The van der Waals surface area contributed by atoms with Crippen molar-refractivity contribution in [3.8, 4) is 17.0 Å². The third kappa shape index (κ3) is 5.40. The Hall–Kier alpha value is -3.19. The summed E-state index contributed by atoms with van der Waals surface area (Å²) in [6, 6.07) is 15.6. The maximum absolute atomic E-state index is 12.8. The molecule has 0 aliphatic heterocycles. The van der Waals surface area contributed by atoms with Crippen LogP contribution in [0.2, 0.25) is 5.02 Å². The standard InChI is InChI=1S/C20H17ClFN3O3/c21-15-3-1-14(2-4-15)18-9-10-20(27)25(24-18)13-19(26)23-11-12-28-17-7-5-16(22)6-8-17/h1-10H,11-13H2,(H,23,26). The molecule has 28 heavy (non-hydrogen) atoms. The molecule has 0 fully saturated rings. The highest BCUT2D eigenvalue weighted by molar-refractivity contribution is 6.30. The van der Waals surface area contributed by atoms with Gasteiger partial charge in [0.25, 0.3) is 5.56 Å². The quantitative estimate of drug-likeness (QED) is 0.618. The Morgan fingerprint density at radius 1 is 1.07 bits per heavy atom. The molecule has 1 N–H and O–H groups in total. The Labute approximate surface area is 165 Å². The summed E-state index contributed by atoms with van der Waals surface area (Å²) in [6.07, 6.45) is 0. The highest BCUT2D eigenvalue weighted by atomic mass is 35.5. The van der Waals surface area contributed by atoms with E-state index >= 15 is 0 Å². The second-order valence-corrected chi connectivity index (χ2v) is 6.31. The minimum Gasteiger partial charge on any atom is -0.492 e. The van der Waals surface area contributed by atoms with Gasteiger partial charge in [-0.1, -0.05) is 23.7 Å². The zero-order valence-corrected chi connectivity index (χ0v) is 15.5. The van der Waals surface area contributed by atoms with Gasteiger partial charge in [-0.2, -0.15) is 5.10 Å². The summed E-state index contributed by atoms with van der Waals surface area (Å²) in [7, 11) is 0. The van der Waals surface area contributed by atoms with E-state index in [0.717, 1.165) is 10.2 Å². The number of carbonyl (C=O) groups excluding carboxylic acids is 1. The van der Waals surface area contributed by atoms with E-state index in [9.17, 15) is 14.0 Å². The van der Waals surface area contributed by atoms with Gasteiger partial charge in [0, 0.05) is 16.7 Å². The minimum atomic E-state index is -0.379. The summed E-state index contributed by atoms with van der Waals surface area (Å²) in [6.45, 7) is 0.239. The minimum absolute atomic E-state index is 0.211. The summed E-state index contributed by atoms with van der Waals surface area (Å²) in [5.41, 5.74) is 0.963. The smallest absolute Gasteiger partial charge is 0.267 e. The molecule has 144 valence electrons. The van der Waals surface area contributed by atoms with Crippen LogP contribution in [0, 0.1) is 5.82 Å². The number of amides is 1. The first-order valence-electron chi connectivity index (χ1n) is 8.50. The predicted octanol–water partition coefficient (Wildman–Crippen LogP) is 2.90. The van der Waals surface area contributed by atoms with Crippen LogP contribution >= 0.6 is 11.6 Å². The van der Waals surface area contributed by atoms with Gasteiger partial charge in [0.2, 0.25) is 5.91 Å². The van der Waals surface area contributed by atoms with Crippen LogP contribution in [0.3, 0.4) is 0 Å². The SMILES string of the molecule is O=C(Cn1nc(-c2ccc(Cl)cc2)ccc1=O)NCCOc1ccc(F)cc1. The average Bonchev–Trinajstić information content (AvgIpc) is 2.69. The van der Waals surface area contributed by atoms with Crippen LogP contribution in [0.15, 0.2) is 65.5 Å². The molecule has 0 spiro atoms. The number of rotatable bonds is 7. The van der Waals surface area contributed by atoms with Gasteiger partial charge in [0.15, 0.2) is 0 Å². The van der Waals surface area contributed by atoms with Crippen molar-refractivity contribution in [2.75, 3.05) is 13.2 Å². The second kappa shape index (κ2) is 9.14. The van der Waals surface area contributed by atoms with Gasteiger partial charge < -0.3 is 10.1 Å². The van der Waals surface area contributed by atoms with Gasteiger partial charge in [-0.05, 0) is 42.5 Å². The number of hydrogen-bond donors (Lipinski definition) is 1. The lowest BCUT2D eigenvalue weighted by Gasteiger charge is -2.09. The van der Waals surface area contributed by atoms with Crippen molar-refractivity contribution in [3.05, 3.63) is 81.9 Å². The fourth-order valence-corrected chi connectivity index (χ4v) is 2.54. The highest BCUT2D eigenvalue weighted by Crippen LogP contribution is 2.18. The van der Waals surface area contributed by atoms with E-state index in [1.165, 1.54) is 30.3 Å². The molecular weight excluding hydrogens is 385 g/mol. The maximum Gasteiger partial charge on any atom is 0.267 e. The Bertz CT molecular complexity index is 1000. The number of ether oxygens (including phenoxy) is 1. The number of aromatic nitrogens is 2. The van der Waals surface area contributed by atoms with Crippen LogP contribution < -0.4 is 15.6 Å². The van der Waals surface area contributed by atoms with Crippen molar-refractivity contribution < 1.29 is 13.9 Å². The van der Waals surface area contributed by atoms with Crippen LogP contribution in [0.1, 0.15) is 0 Å². The van der Waals surface area contributed by atoms with E-state index in [2.05, 4.69) is 10.4 Å². The van der Waals surface area contributed by atoms with Crippen LogP contribution in [-0.4, -0.2) is 28.8 Å². The zero-order valence-electron chi connectivity index (χ0n) is 14.8. The molecule has 0 radical (unpaired) electrons. The van der Waals surface area contributed by atoms with Gasteiger partial charge >= 0.3 is 0 Å². The van der Waals surface area contributed by atoms with Crippen molar-refractivity contribution in [1.29, 1.82) is 0 Å². The topological polar surface area (TPSA) is 73.2 Å². The molecule has 0 aliphatic carbocycles. The summed E-state index contributed by atoms with van der Waals surface area (Å²) in [5, 5.41) is 7.48. The average molecular weight is 402 g/mol. The molecule has 6 nitrogen and oxygen atoms in total. The molecule has 1 aromatic heterocycles. The summed E-state index contributed by atoms with van der Waals surface area (Å²) < 4.78 is 19.3. The van der Waals surface area contributed by atoms with Crippen LogP contribution in [0.4, 0.5) is 4.39 Å². The molecular formula is C20H17ClFN3O3. The molecule has 1 amide bonds. The third-order valence-electron chi connectivity index (χ3n) is 3.81. The van der Waals surface area contributed by atoms with E-state index in [1.807, 2.05) is 0 Å². The van der Waals surface area contributed by atoms with Crippen LogP contribution in [0.25, 0.3) is 11.3 Å². The predicted molar refractivity (Wildman–Crippen MR) is 104 cm³/mol. The first kappa shape index (κ1) is 19.6. The van der Waals surface area contributed by atoms with E-state index in [-0.39, 0.29) is 37.0 Å². The Morgan fingerprint density at radius 3 is 2.50 bits per heavy atom. The third-order valence-corrected chi connectivity index (χ3v) is 4.06. The normalized spacial score (nSPS) is 10.5. The van der Waals surface area contributed by atoms with Gasteiger partial charge in [-0.25, -0.2) is 9.07 Å². The summed E-state index contributed by atoms with van der Waals surface area (Å²) >= 11 is 5.88. The van der Waals surface area contributed by atoms with Crippen molar-refractivity contribution in [1.82, 2.24) is 15.1 Å². The van der Waals surface area contributed by atoms with Gasteiger partial charge in [0.05, 0.1) is 12.2 Å². The molecule has 0 bridgehead atoms. The molecule has 0 atom stereocenters. The Kier molecular flexibility index (Phi) is 6.39. The molecule has 1 heterocycles. The van der Waals surface area contributed by atoms with E-state index in [0.29, 0.717) is 16.5 Å². The van der Waals surface area contributed by atoms with E-state index in [1.54, 1.807) is 30.3 Å². The first-order valence-corrected chi connectivity index (χ1v) is 8.88. The van der Waals surface area contributed by atoms with Gasteiger partial charge in [0.1, 0.15) is 24.7 Å². The lowest BCUT2D eigenvalue weighted by molar-refractivity contribution is -0.122. The summed E-state index contributed by atoms with van der Waals surface area (Å²) in [4.78, 5) is 24.1. The molecule has 8 heteroatoms. The molecule has 0 saturated carbocycles. The highest BCUT2D eigenvalue weighted by Gasteiger charge is 2.08. The number of nitrogens with one attached hydrogen (secondary N) is 1. The second-order valence-electron chi connectivity index (χ2n) is 5.87. The monoisotopic (exact) mass is 401 g/mol. The van der Waals surface area contributed by atoms with Gasteiger partial charge in [-0.15, -0.1) is 0 Å². The maximum atomic E-state index is 12.8. The van der Waals surface area contributed by atoms with E-state index < -0.39 is 0 Å². The van der Waals surface area contributed by atoms with E-state index in [4.69, 9.17) is 16.3 Å². The summed E-state index contributed by atoms with van der Waals surface area (Å²) in [5.74, 6) is -0.214. The van der Waals surface area contributed by atoms with Crippen LogP contribution in [-0.2, 0) is 11.3 Å². The number of benzene rings is 2. The fourth-order valence-electron chi connectivity index (χ4n) is 2.42. The molecule has 3 aromatic rings.